The van der Waals surface area contributed by atoms with Crippen molar-refractivity contribution in [3.05, 3.63) is 80.9 Å². The lowest BCUT2D eigenvalue weighted by atomic mass is 9.97. The number of hydrogen-bond acceptors (Lipinski definition) is 4. The highest BCUT2D eigenvalue weighted by Crippen LogP contribution is 2.35. The van der Waals surface area contributed by atoms with E-state index in [4.69, 9.17) is 4.74 Å². The summed E-state index contributed by atoms with van der Waals surface area (Å²) in [5.41, 5.74) is 10.6. The Morgan fingerprint density at radius 3 is 2.11 bits per heavy atom. The standard InChI is InChI=1S/2C16H21NO2/c2*1-10(2)7-12-5-6-13-8-11(3)15(14(13)9-12)17-16(18)19-4/h5-6,9-10H,7-8H2,1-4H3,(H,17,18);5-6,8-10,15H,7H2,1-4H3,(H,17,18). The molecule has 2 aromatic carbocycles. The van der Waals surface area contributed by atoms with Gasteiger partial charge < -0.3 is 14.8 Å². The zero-order valence-corrected chi connectivity index (χ0v) is 24.0. The van der Waals surface area contributed by atoms with Crippen molar-refractivity contribution in [1.29, 1.82) is 0 Å². The molecule has 2 aromatic rings. The minimum absolute atomic E-state index is 0.0606. The first-order chi connectivity index (χ1) is 18.0. The summed E-state index contributed by atoms with van der Waals surface area (Å²) >= 11 is 0. The third-order valence-corrected chi connectivity index (χ3v) is 6.77. The topological polar surface area (TPSA) is 76.7 Å². The van der Waals surface area contributed by atoms with Gasteiger partial charge in [-0.1, -0.05) is 64.1 Å². The smallest absolute Gasteiger partial charge is 0.411 e. The van der Waals surface area contributed by atoms with Gasteiger partial charge in [0.1, 0.15) is 0 Å². The van der Waals surface area contributed by atoms with Crippen molar-refractivity contribution in [2.45, 2.75) is 66.8 Å². The van der Waals surface area contributed by atoms with Crippen LogP contribution in [0.2, 0.25) is 0 Å². The number of amides is 2. The second kappa shape index (κ2) is 12.8. The summed E-state index contributed by atoms with van der Waals surface area (Å²) in [5, 5.41) is 5.72. The van der Waals surface area contributed by atoms with Gasteiger partial charge in [0.05, 0.1) is 26.0 Å². The van der Waals surface area contributed by atoms with Crippen LogP contribution >= 0.6 is 0 Å². The minimum Gasteiger partial charge on any atom is -0.453 e. The molecule has 0 fully saturated rings. The van der Waals surface area contributed by atoms with Gasteiger partial charge >= 0.3 is 12.2 Å². The fourth-order valence-corrected chi connectivity index (χ4v) is 5.09. The average Bonchev–Trinajstić information content (AvgIpc) is 3.33. The minimum atomic E-state index is -0.406. The van der Waals surface area contributed by atoms with E-state index in [-0.39, 0.29) is 12.1 Å². The van der Waals surface area contributed by atoms with Crippen LogP contribution in [0.25, 0.3) is 11.8 Å². The van der Waals surface area contributed by atoms with Gasteiger partial charge in [0.25, 0.3) is 0 Å². The fraction of sp³-hybridized carbons (Fsp3) is 0.438. The first-order valence-corrected chi connectivity index (χ1v) is 13.3. The summed E-state index contributed by atoms with van der Waals surface area (Å²) in [4.78, 5) is 22.8. The monoisotopic (exact) mass is 518 g/mol. The van der Waals surface area contributed by atoms with E-state index in [1.807, 2.05) is 13.8 Å². The Hall–Kier alpha value is -3.54. The normalized spacial score (nSPS) is 15.4. The van der Waals surface area contributed by atoms with Crippen molar-refractivity contribution < 1.29 is 19.1 Å². The van der Waals surface area contributed by atoms with Gasteiger partial charge in [0.2, 0.25) is 0 Å². The Balaban J connectivity index is 0.000000211. The number of allylic oxidation sites excluding steroid dienone is 1. The third kappa shape index (κ3) is 7.27. The number of benzene rings is 2. The van der Waals surface area contributed by atoms with E-state index in [2.05, 4.69) is 85.5 Å². The molecule has 1 unspecified atom stereocenters. The molecule has 0 spiro atoms. The maximum Gasteiger partial charge on any atom is 0.411 e. The highest BCUT2D eigenvalue weighted by Gasteiger charge is 2.25. The van der Waals surface area contributed by atoms with Gasteiger partial charge in [0, 0.05) is 5.56 Å². The zero-order valence-electron chi connectivity index (χ0n) is 24.0. The number of nitrogens with one attached hydrogen (secondary N) is 2. The van der Waals surface area contributed by atoms with Crippen molar-refractivity contribution in [2.24, 2.45) is 11.8 Å². The Morgan fingerprint density at radius 1 is 0.895 bits per heavy atom. The average molecular weight is 519 g/mol. The van der Waals surface area contributed by atoms with Crippen LogP contribution in [0.15, 0.2) is 47.5 Å². The molecule has 0 aliphatic heterocycles. The number of ether oxygens (including phenoxy) is 2. The highest BCUT2D eigenvalue weighted by molar-refractivity contribution is 5.86. The summed E-state index contributed by atoms with van der Waals surface area (Å²) in [7, 11) is 2.77. The second-order valence-electron chi connectivity index (χ2n) is 11.1. The summed E-state index contributed by atoms with van der Waals surface area (Å²) in [5.74, 6) is 1.25. The maximum absolute atomic E-state index is 11.4. The second-order valence-corrected chi connectivity index (χ2v) is 11.1. The van der Waals surface area contributed by atoms with E-state index in [1.165, 1.54) is 47.6 Å². The fourth-order valence-electron chi connectivity index (χ4n) is 5.09. The molecule has 2 N–H and O–H groups in total. The number of carbonyl (C=O) groups is 2. The van der Waals surface area contributed by atoms with E-state index in [0.29, 0.717) is 11.8 Å². The van der Waals surface area contributed by atoms with Gasteiger partial charge in [-0.05, 0) is 90.0 Å². The molecule has 0 bridgehead atoms. The molecule has 0 aromatic heterocycles. The molecular formula is C32H42N2O4. The Kier molecular flexibility index (Phi) is 9.78. The number of methoxy groups -OCH3 is 2. The van der Waals surface area contributed by atoms with E-state index in [1.54, 1.807) is 0 Å². The van der Waals surface area contributed by atoms with Crippen LogP contribution in [0.5, 0.6) is 0 Å². The van der Waals surface area contributed by atoms with Gasteiger partial charge in [-0.15, -0.1) is 0 Å². The third-order valence-electron chi connectivity index (χ3n) is 6.77. The van der Waals surface area contributed by atoms with Crippen molar-refractivity contribution in [3.8, 4) is 0 Å². The van der Waals surface area contributed by atoms with Crippen molar-refractivity contribution in [1.82, 2.24) is 10.6 Å². The molecule has 6 heteroatoms. The molecule has 4 rings (SSSR count). The Bertz CT molecular complexity index is 1240. The molecule has 38 heavy (non-hydrogen) atoms. The SMILES string of the molecule is COC(=O)NC1=C(C)Cc2ccc(CC(C)C)cc21.COC(=O)NC1C(C)=Cc2ccc(CC(C)C)cc21. The molecular weight excluding hydrogens is 476 g/mol. The number of carbonyl (C=O) groups excluding carboxylic acids is 2. The number of hydrogen-bond donors (Lipinski definition) is 2. The zero-order chi connectivity index (χ0) is 28.0. The molecule has 1 atom stereocenters. The summed E-state index contributed by atoms with van der Waals surface area (Å²) in [6, 6.07) is 13.0. The van der Waals surface area contributed by atoms with Crippen LogP contribution in [0.3, 0.4) is 0 Å². The predicted octanol–water partition coefficient (Wildman–Crippen LogP) is 7.23. The van der Waals surface area contributed by atoms with Crippen LogP contribution in [-0.4, -0.2) is 26.4 Å². The molecule has 0 saturated heterocycles. The molecule has 0 saturated carbocycles. The summed E-state index contributed by atoms with van der Waals surface area (Å²) in [6.07, 6.45) is 4.33. The molecule has 2 aliphatic carbocycles. The summed E-state index contributed by atoms with van der Waals surface area (Å²) in [6.45, 7) is 12.9. The van der Waals surface area contributed by atoms with Gasteiger partial charge in [-0.2, -0.15) is 0 Å². The first-order valence-electron chi connectivity index (χ1n) is 13.3. The van der Waals surface area contributed by atoms with Crippen LogP contribution in [0.4, 0.5) is 9.59 Å². The van der Waals surface area contributed by atoms with Crippen LogP contribution in [-0.2, 0) is 28.7 Å². The van der Waals surface area contributed by atoms with Crippen molar-refractivity contribution in [3.63, 3.8) is 0 Å². The predicted molar refractivity (Wildman–Crippen MR) is 154 cm³/mol. The quantitative estimate of drug-likeness (QED) is 0.423. The lowest BCUT2D eigenvalue weighted by Crippen LogP contribution is -2.28. The number of alkyl carbamates (subject to hydrolysis) is 2. The van der Waals surface area contributed by atoms with E-state index >= 15 is 0 Å². The summed E-state index contributed by atoms with van der Waals surface area (Å²) < 4.78 is 9.38. The number of rotatable bonds is 6. The van der Waals surface area contributed by atoms with Crippen molar-refractivity contribution in [2.75, 3.05) is 14.2 Å². The largest absolute Gasteiger partial charge is 0.453 e. The van der Waals surface area contributed by atoms with Gasteiger partial charge in [0.15, 0.2) is 0 Å². The first kappa shape index (κ1) is 29.0. The Labute approximate surface area is 227 Å². The molecule has 0 radical (unpaired) electrons. The van der Waals surface area contributed by atoms with Crippen LogP contribution < -0.4 is 10.6 Å². The van der Waals surface area contributed by atoms with E-state index < -0.39 is 6.09 Å². The van der Waals surface area contributed by atoms with Crippen LogP contribution in [0, 0.1) is 11.8 Å². The maximum atomic E-state index is 11.4. The van der Waals surface area contributed by atoms with Gasteiger partial charge in [-0.3, -0.25) is 5.32 Å². The van der Waals surface area contributed by atoms with E-state index in [9.17, 15) is 9.59 Å². The molecule has 204 valence electrons. The van der Waals surface area contributed by atoms with E-state index in [0.717, 1.165) is 36.1 Å². The molecule has 0 heterocycles. The molecule has 2 aliphatic rings. The highest BCUT2D eigenvalue weighted by atomic mass is 16.5. The van der Waals surface area contributed by atoms with Crippen LogP contribution in [0.1, 0.15) is 81.0 Å². The van der Waals surface area contributed by atoms with Gasteiger partial charge in [-0.25, -0.2) is 9.59 Å². The molecule has 6 nitrogen and oxygen atoms in total. The lowest BCUT2D eigenvalue weighted by molar-refractivity contribution is 0.168. The van der Waals surface area contributed by atoms with Crippen molar-refractivity contribution >= 4 is 24.0 Å². The molecule has 2 amide bonds. The lowest BCUT2D eigenvalue weighted by Gasteiger charge is -2.17. The Morgan fingerprint density at radius 2 is 1.50 bits per heavy atom. The number of fused-ring (bicyclic) bond motifs is 2.